The molecule has 160 valence electrons. The maximum absolute atomic E-state index is 2.32. The molecule has 32 heavy (non-hydrogen) atoms. The molecule has 0 spiro atoms. The van der Waals surface area contributed by atoms with Crippen LogP contribution in [-0.2, 0) is 0 Å². The van der Waals surface area contributed by atoms with Crippen molar-refractivity contribution in [1.82, 2.24) is 0 Å². The van der Waals surface area contributed by atoms with Gasteiger partial charge in [-0.1, -0.05) is 154 Å². The largest absolute Gasteiger partial charge is 0.0877 e. The highest BCUT2D eigenvalue weighted by Gasteiger charge is 2.34. The molecule has 8 heteroatoms. The number of hydrogen-bond donors (Lipinski definition) is 0. The Bertz CT molecular complexity index is 1160. The molecule has 2 aromatic rings. The zero-order valence-corrected chi connectivity index (χ0v) is 23.6. The van der Waals surface area contributed by atoms with Gasteiger partial charge in [0.25, 0.3) is 0 Å². The molecule has 0 aliphatic carbocycles. The zero-order valence-electron chi connectivity index (χ0n) is 17.0. The molecule has 6 rings (SSSR count). The molecule has 0 fully saturated rings. The van der Waals surface area contributed by atoms with E-state index in [1.807, 2.05) is 94.1 Å². The molecule has 0 N–H and O–H groups in total. The van der Waals surface area contributed by atoms with Gasteiger partial charge in [0.2, 0.25) is 0 Å². The van der Waals surface area contributed by atoms with E-state index in [1.54, 1.807) is 0 Å². The van der Waals surface area contributed by atoms with Crippen LogP contribution in [0.4, 0.5) is 0 Å². The molecule has 4 aliphatic rings. The third-order valence-electron chi connectivity index (χ3n) is 4.87. The molecule has 0 radical (unpaired) electrons. The lowest BCUT2D eigenvalue weighted by molar-refractivity contribution is 1.46. The Hall–Kier alpha value is -0.0600. The van der Waals surface area contributed by atoms with Crippen LogP contribution in [-0.4, -0.2) is 0 Å². The third kappa shape index (κ3) is 4.59. The average Bonchev–Trinajstić information content (AvgIpc) is 3.43. The van der Waals surface area contributed by atoms with E-state index in [2.05, 4.69) is 73.2 Å². The van der Waals surface area contributed by atoms with E-state index in [9.17, 15) is 0 Å². The van der Waals surface area contributed by atoms with Crippen molar-refractivity contribution in [3.63, 3.8) is 0 Å². The molecule has 0 nitrogen and oxygen atoms in total. The van der Waals surface area contributed by atoms with Crippen molar-refractivity contribution in [3.8, 4) is 0 Å². The van der Waals surface area contributed by atoms with Gasteiger partial charge in [-0.15, -0.1) is 0 Å². The predicted octanol–water partition coefficient (Wildman–Crippen LogP) is 10.9. The smallest absolute Gasteiger partial charge is 0.0718 e. The van der Waals surface area contributed by atoms with Crippen molar-refractivity contribution < 1.29 is 0 Å². The van der Waals surface area contributed by atoms with Gasteiger partial charge in [-0.25, -0.2) is 0 Å². The van der Waals surface area contributed by atoms with Crippen LogP contribution in [0.15, 0.2) is 84.8 Å². The average molecular weight is 561 g/mol. The van der Waals surface area contributed by atoms with E-state index >= 15 is 0 Å². The van der Waals surface area contributed by atoms with Gasteiger partial charge in [0.1, 0.15) is 0 Å². The quantitative estimate of drug-likeness (QED) is 0.351. The molecule has 0 amide bonds. The van der Waals surface area contributed by atoms with Gasteiger partial charge in [-0.3, -0.25) is 0 Å². The predicted molar refractivity (Wildman–Crippen MR) is 160 cm³/mol. The Balaban J connectivity index is 1.14. The molecule has 0 bridgehead atoms. The first kappa shape index (κ1) is 22.4. The minimum atomic E-state index is 1.31. The van der Waals surface area contributed by atoms with Crippen LogP contribution in [0.2, 0.25) is 0 Å². The van der Waals surface area contributed by atoms with Crippen molar-refractivity contribution in [2.45, 2.75) is 13.8 Å². The molecule has 0 saturated carbocycles. The van der Waals surface area contributed by atoms with Crippen LogP contribution in [0.5, 0.6) is 0 Å². The second-order valence-corrected chi connectivity index (χ2v) is 16.8. The summed E-state index contributed by atoms with van der Waals surface area (Å²) in [5.41, 5.74) is 5.25. The minimum absolute atomic E-state index is 1.31. The highest BCUT2D eigenvalue weighted by Crippen LogP contribution is 2.70. The minimum Gasteiger partial charge on any atom is -0.0877 e. The first-order valence-corrected chi connectivity index (χ1v) is 16.5. The molecular formula is C24H16S8. The zero-order chi connectivity index (χ0) is 21.7. The maximum atomic E-state index is 2.32. The van der Waals surface area contributed by atoms with E-state index in [1.165, 1.54) is 57.5 Å². The summed E-state index contributed by atoms with van der Waals surface area (Å²) in [6, 6.07) is 17.7. The van der Waals surface area contributed by atoms with Crippen molar-refractivity contribution in [2.75, 3.05) is 0 Å². The fourth-order valence-corrected chi connectivity index (χ4v) is 14.7. The van der Waals surface area contributed by atoms with Crippen LogP contribution in [0.3, 0.4) is 0 Å². The maximum Gasteiger partial charge on any atom is 0.0718 e. The van der Waals surface area contributed by atoms with Crippen molar-refractivity contribution in [2.24, 2.45) is 0 Å². The van der Waals surface area contributed by atoms with Crippen molar-refractivity contribution in [1.29, 1.82) is 0 Å². The third-order valence-corrected chi connectivity index (χ3v) is 16.4. The van der Waals surface area contributed by atoms with Crippen molar-refractivity contribution >= 4 is 104 Å². The molecular weight excluding hydrogens is 545 g/mol. The normalized spacial score (nSPS) is 22.7. The molecule has 4 aliphatic heterocycles. The number of thioether (sulfide) groups is 8. The second-order valence-electron chi connectivity index (χ2n) is 7.27. The summed E-state index contributed by atoms with van der Waals surface area (Å²) < 4.78 is 8.62. The fraction of sp³-hybridized carbons (Fsp3) is 0.0833. The molecule has 0 atom stereocenters. The summed E-state index contributed by atoms with van der Waals surface area (Å²) in [4.78, 5) is 2.71. The van der Waals surface area contributed by atoms with Gasteiger partial charge in [0.15, 0.2) is 0 Å². The molecule has 0 unspecified atom stereocenters. The number of aryl methyl sites for hydroxylation is 2. The number of benzene rings is 2. The van der Waals surface area contributed by atoms with Crippen LogP contribution >= 0.6 is 94.1 Å². The number of hydrogen-bond acceptors (Lipinski definition) is 8. The van der Waals surface area contributed by atoms with Gasteiger partial charge in [0.05, 0.1) is 25.4 Å². The molecule has 0 saturated heterocycles. The van der Waals surface area contributed by atoms with Crippen LogP contribution in [0, 0.1) is 13.8 Å². The summed E-state index contributed by atoms with van der Waals surface area (Å²) in [5, 5.41) is 4.63. The first-order chi connectivity index (χ1) is 15.6. The van der Waals surface area contributed by atoms with Gasteiger partial charge >= 0.3 is 0 Å². The van der Waals surface area contributed by atoms with Gasteiger partial charge in [0, 0.05) is 9.81 Å². The topological polar surface area (TPSA) is 0 Å². The summed E-state index contributed by atoms with van der Waals surface area (Å²) >= 11 is 15.4. The van der Waals surface area contributed by atoms with E-state index < -0.39 is 0 Å². The summed E-state index contributed by atoms with van der Waals surface area (Å²) in [6.07, 6.45) is 0. The lowest BCUT2D eigenvalue weighted by Gasteiger charge is -2.13. The van der Waals surface area contributed by atoms with Gasteiger partial charge in [-0.2, -0.15) is 0 Å². The van der Waals surface area contributed by atoms with Crippen LogP contribution < -0.4 is 0 Å². The summed E-state index contributed by atoms with van der Waals surface area (Å²) in [7, 11) is 0. The molecule has 2 aromatic carbocycles. The van der Waals surface area contributed by atoms with Crippen LogP contribution in [0.1, 0.15) is 22.3 Å². The Morgan fingerprint density at radius 3 is 1.16 bits per heavy atom. The summed E-state index contributed by atoms with van der Waals surface area (Å²) in [6.45, 7) is 4.29. The highest BCUT2D eigenvalue weighted by molar-refractivity contribution is 8.47. The standard InChI is InChI=1S/C24H16S8/c1-13-3-7-15(8-4-13)17-11-25-19-21(27-17)31-23(29-19)24-30-20-22(32-24)28-18(12-26-20)16-9-5-14(2)6-10-16/h3-12H,1-2H3/b24-23+. The Kier molecular flexibility index (Phi) is 6.67. The Labute approximate surface area is 222 Å². The van der Waals surface area contributed by atoms with Crippen molar-refractivity contribution in [3.05, 3.63) is 107 Å². The van der Waals surface area contributed by atoms with Crippen LogP contribution in [0.25, 0.3) is 9.81 Å². The lowest BCUT2D eigenvalue weighted by Crippen LogP contribution is -1.84. The summed E-state index contributed by atoms with van der Waals surface area (Å²) in [5.74, 6) is 0. The van der Waals surface area contributed by atoms with E-state index in [0.717, 1.165) is 0 Å². The second kappa shape index (κ2) is 9.53. The lowest BCUT2D eigenvalue weighted by atomic mass is 10.1. The Morgan fingerprint density at radius 1 is 0.406 bits per heavy atom. The monoisotopic (exact) mass is 560 g/mol. The molecule has 0 aromatic heterocycles. The SMILES string of the molecule is Cc1ccc(C2=CSC3=C(S2)S/C(=C2\SC4=C(SC(c5ccc(C)cc5)=CS4)S2)S3)cc1. The van der Waals surface area contributed by atoms with E-state index in [-0.39, 0.29) is 0 Å². The first-order valence-electron chi connectivity index (χ1n) is 9.80. The van der Waals surface area contributed by atoms with Gasteiger partial charge in [-0.05, 0) is 35.8 Å². The fourth-order valence-electron chi connectivity index (χ4n) is 3.13. The van der Waals surface area contributed by atoms with E-state index in [4.69, 9.17) is 0 Å². The van der Waals surface area contributed by atoms with E-state index in [0.29, 0.717) is 0 Å². The molecule has 4 heterocycles. The number of rotatable bonds is 2. The Morgan fingerprint density at radius 2 is 0.750 bits per heavy atom. The highest BCUT2D eigenvalue weighted by atomic mass is 32.3. The van der Waals surface area contributed by atoms with Gasteiger partial charge < -0.3 is 0 Å².